The number of hydrogen-bond acceptors (Lipinski definition) is 6. The number of fused-ring (bicyclic) bond motifs is 2. The minimum atomic E-state index is -3.55. The van der Waals surface area contributed by atoms with E-state index in [-0.39, 0.29) is 18.1 Å². The summed E-state index contributed by atoms with van der Waals surface area (Å²) in [6, 6.07) is 1.53. The second kappa shape index (κ2) is 14.2. The minimum absolute atomic E-state index is 0.0502. The predicted octanol–water partition coefficient (Wildman–Crippen LogP) is 7.27. The van der Waals surface area contributed by atoms with Crippen molar-refractivity contribution in [1.29, 1.82) is 0 Å². The van der Waals surface area contributed by atoms with Gasteiger partial charge in [-0.1, -0.05) is 0 Å². The first-order valence-corrected chi connectivity index (χ1v) is 24.7. The number of aromatic nitrogens is 2. The molecule has 1 aromatic carbocycles. The number of benzene rings is 1. The van der Waals surface area contributed by atoms with Crippen molar-refractivity contribution < 1.29 is 23.0 Å². The van der Waals surface area contributed by atoms with Gasteiger partial charge < -0.3 is 0 Å². The number of alkyl halides is 1. The molecule has 3 atom stereocenters. The monoisotopic (exact) mass is 726 g/mol. The molecule has 0 unspecified atom stereocenters. The van der Waals surface area contributed by atoms with E-state index in [2.05, 4.69) is 30.7 Å². The number of ether oxygens (including phenoxy) is 1. The molecule has 1 N–H and O–H groups in total. The van der Waals surface area contributed by atoms with Crippen LogP contribution < -0.4 is 13.2 Å². The Morgan fingerprint density at radius 1 is 1.00 bits per heavy atom. The number of aliphatic hydroxyl groups is 1. The van der Waals surface area contributed by atoms with Crippen LogP contribution in [-0.2, 0) is 0 Å². The summed E-state index contributed by atoms with van der Waals surface area (Å²) in [5, 5.41) is 11.3. The molecule has 1 aromatic heterocycles. The quantitative estimate of drug-likeness (QED) is 0.207. The van der Waals surface area contributed by atoms with Gasteiger partial charge in [0.15, 0.2) is 0 Å². The zero-order valence-corrected chi connectivity index (χ0v) is 30.2. The van der Waals surface area contributed by atoms with E-state index >= 15 is 8.78 Å². The normalized spacial score (nSPS) is 26.1. The summed E-state index contributed by atoms with van der Waals surface area (Å²) in [5.41, 5.74) is -1.22. The van der Waals surface area contributed by atoms with Crippen LogP contribution in [-0.4, -0.2) is 88.4 Å². The van der Waals surface area contributed by atoms with Crippen molar-refractivity contribution in [2.45, 2.75) is 129 Å². The molecule has 44 heavy (non-hydrogen) atoms. The average Bonchev–Trinajstić information content (AvgIpc) is 3.51. The average molecular weight is 726 g/mol. The van der Waals surface area contributed by atoms with E-state index in [1.165, 1.54) is 6.07 Å². The molecule has 6 nitrogen and oxygen atoms in total. The van der Waals surface area contributed by atoms with Gasteiger partial charge in [0.05, 0.1) is 0 Å². The van der Waals surface area contributed by atoms with Gasteiger partial charge in [-0.3, -0.25) is 0 Å². The van der Waals surface area contributed by atoms with Crippen molar-refractivity contribution in [3.63, 3.8) is 0 Å². The molecule has 0 bridgehead atoms. The van der Waals surface area contributed by atoms with Crippen LogP contribution in [0.5, 0.6) is 6.01 Å². The van der Waals surface area contributed by atoms with E-state index in [9.17, 15) is 9.50 Å². The third kappa shape index (κ3) is 6.99. The fourth-order valence-corrected chi connectivity index (χ4v) is 24.7. The van der Waals surface area contributed by atoms with E-state index in [4.69, 9.17) is 9.72 Å². The van der Waals surface area contributed by atoms with Crippen molar-refractivity contribution >= 4 is 38.7 Å². The molecule has 246 valence electrons. The fourth-order valence-electron chi connectivity index (χ4n) is 8.30. The Balaban J connectivity index is 1.63. The summed E-state index contributed by atoms with van der Waals surface area (Å²) < 4.78 is 57.6. The summed E-state index contributed by atoms with van der Waals surface area (Å²) in [4.78, 5) is 13.5. The van der Waals surface area contributed by atoms with Crippen molar-refractivity contribution in [3.8, 4) is 6.01 Å². The van der Waals surface area contributed by atoms with Gasteiger partial charge in [0.1, 0.15) is 0 Å². The van der Waals surface area contributed by atoms with Crippen LogP contribution in [0.15, 0.2) is 6.07 Å². The Morgan fingerprint density at radius 3 is 2.30 bits per heavy atom. The third-order valence-electron chi connectivity index (χ3n) is 10.6. The van der Waals surface area contributed by atoms with Gasteiger partial charge in [0.2, 0.25) is 0 Å². The second-order valence-corrected chi connectivity index (χ2v) is 27.3. The van der Waals surface area contributed by atoms with E-state index < -0.39 is 47.3 Å². The number of nitrogens with zero attached hydrogens (tertiary/aromatic N) is 4. The zero-order chi connectivity index (χ0) is 31.5. The maximum atomic E-state index is 17.1. The van der Waals surface area contributed by atoms with E-state index in [0.29, 0.717) is 47.3 Å². The van der Waals surface area contributed by atoms with Gasteiger partial charge in [-0.2, -0.15) is 0 Å². The molecule has 3 saturated heterocycles. The summed E-state index contributed by atoms with van der Waals surface area (Å²) in [6.45, 7) is 10.7. The molecule has 2 aromatic rings. The first-order valence-electron chi connectivity index (χ1n) is 17.3. The Morgan fingerprint density at radius 2 is 1.66 bits per heavy atom. The predicted molar refractivity (Wildman–Crippen MR) is 175 cm³/mol. The molecule has 0 saturated carbocycles. The van der Waals surface area contributed by atoms with Gasteiger partial charge in [-0.05, 0) is 0 Å². The van der Waals surface area contributed by atoms with Crippen LogP contribution in [0.3, 0.4) is 0 Å². The van der Waals surface area contributed by atoms with Crippen molar-refractivity contribution in [3.05, 3.63) is 17.7 Å². The van der Waals surface area contributed by atoms with Crippen molar-refractivity contribution in [2.24, 2.45) is 0 Å². The number of unbranched alkanes of at least 4 members (excludes halogenated alkanes) is 3. The van der Waals surface area contributed by atoms with E-state index in [1.807, 2.05) is 4.90 Å². The molecule has 10 heteroatoms. The van der Waals surface area contributed by atoms with Crippen LogP contribution >= 0.6 is 0 Å². The summed E-state index contributed by atoms with van der Waals surface area (Å²) in [7, 11) is 0. The number of β-amino-alcohol motifs (C(OH)–C–C–N with tert-alkyl or cyclic N) is 1. The number of rotatable bonds is 14. The van der Waals surface area contributed by atoms with Crippen LogP contribution in [0.1, 0.15) is 98.3 Å². The molecular weight excluding hydrogens is 672 g/mol. The maximum absolute atomic E-state index is 17.1. The fraction of sp³-hybridized carbons (Fsp3) is 0.765. The van der Waals surface area contributed by atoms with Crippen LogP contribution in [0.25, 0.3) is 10.9 Å². The SMILES string of the molecule is CCC[CH2][Sn]([CH2]CCC)([CH2]CCC)[c]1c(F)cc2c(N3CCC[C@@](C)(O)C3)nc(OC[C@@]34CCCN3C[C@H](F)C4)nc2c1F. The number of piperidine rings is 1. The molecule has 4 heterocycles. The Bertz CT molecular complexity index is 1280. The topological polar surface area (TPSA) is 61.7 Å². The molecular formula is C34H53F3N4O2Sn. The van der Waals surface area contributed by atoms with Gasteiger partial charge in [0.25, 0.3) is 0 Å². The zero-order valence-electron chi connectivity index (χ0n) is 27.4. The summed E-state index contributed by atoms with van der Waals surface area (Å²) >= 11 is -3.55. The van der Waals surface area contributed by atoms with E-state index in [1.54, 1.807) is 6.92 Å². The van der Waals surface area contributed by atoms with Crippen LogP contribution in [0, 0.1) is 11.6 Å². The van der Waals surface area contributed by atoms with Gasteiger partial charge in [-0.25, -0.2) is 0 Å². The summed E-state index contributed by atoms with van der Waals surface area (Å²) in [5.74, 6) is -0.570. The second-order valence-electron chi connectivity index (χ2n) is 14.3. The van der Waals surface area contributed by atoms with Crippen LogP contribution in [0.2, 0.25) is 13.3 Å². The Labute approximate surface area is 266 Å². The Kier molecular flexibility index (Phi) is 11.0. The number of halogens is 3. The number of hydrogen-bond donors (Lipinski definition) is 1. The molecule has 0 aliphatic carbocycles. The third-order valence-corrected chi connectivity index (χ3v) is 26.2. The molecule has 0 spiro atoms. The van der Waals surface area contributed by atoms with Gasteiger partial charge in [0, 0.05) is 0 Å². The standard InChI is InChI=1S/C22H26F3N4O2.3C4H9.Sn/c1-21(30)4-2-6-28(12-21)19-16-8-14(23)9-17(25)18(16)26-20(27-19)31-13-22-5-3-7-29(22)11-15(24)10-22;3*1-3-4-2;/h8,15,30H,2-7,10-13H2,1H3;3*1,3-4H2,2H3;/t15-,21-,22+;;;;/m1..../s1. The van der Waals surface area contributed by atoms with Crippen LogP contribution in [0.4, 0.5) is 19.0 Å². The first kappa shape index (κ1) is 34.0. The molecule has 3 aliphatic heterocycles. The molecule has 0 amide bonds. The summed E-state index contributed by atoms with van der Waals surface area (Å²) in [6.07, 6.45) is 8.71. The molecule has 3 aliphatic rings. The molecule has 3 fully saturated rings. The van der Waals surface area contributed by atoms with Crippen molar-refractivity contribution in [2.75, 3.05) is 37.7 Å². The number of anilines is 1. The van der Waals surface area contributed by atoms with Gasteiger partial charge >= 0.3 is 267 Å². The van der Waals surface area contributed by atoms with E-state index in [0.717, 1.165) is 77.6 Å². The van der Waals surface area contributed by atoms with Gasteiger partial charge in [-0.15, -0.1) is 0 Å². The molecule has 0 radical (unpaired) electrons. The van der Waals surface area contributed by atoms with Crippen molar-refractivity contribution in [1.82, 2.24) is 14.9 Å². The first-order chi connectivity index (χ1) is 21.1. The Hall–Kier alpha value is -1.33. The molecule has 5 rings (SSSR count).